The Morgan fingerprint density at radius 1 is 1.19 bits per heavy atom. The first-order valence-corrected chi connectivity index (χ1v) is 6.21. The van der Waals surface area contributed by atoms with Gasteiger partial charge in [0.05, 0.1) is 18.6 Å². The summed E-state index contributed by atoms with van der Waals surface area (Å²) in [5, 5.41) is -3.42. The first-order valence-electron chi connectivity index (χ1n) is 5.23. The van der Waals surface area contributed by atoms with Gasteiger partial charge in [-0.1, -0.05) is 11.8 Å². The summed E-state index contributed by atoms with van der Waals surface area (Å²) in [6.45, 7) is -0.201. The Hall–Kier alpha value is -1.39. The molecule has 0 fully saturated rings. The Morgan fingerprint density at radius 2 is 1.81 bits per heavy atom. The molecular formula is C10H8F7NO2S. The van der Waals surface area contributed by atoms with Crippen molar-refractivity contribution in [2.24, 2.45) is 0 Å². The second-order valence-electron chi connectivity index (χ2n) is 3.73. The number of carbonyl (C=O) groups excluding carboxylic acids is 1. The van der Waals surface area contributed by atoms with Crippen LogP contribution >= 0.6 is 11.8 Å². The quantitative estimate of drug-likeness (QED) is 0.808. The summed E-state index contributed by atoms with van der Waals surface area (Å²) in [4.78, 5) is 11.1. The van der Waals surface area contributed by atoms with Crippen molar-refractivity contribution >= 4 is 17.7 Å². The van der Waals surface area contributed by atoms with E-state index >= 15 is 0 Å². The molecule has 0 aromatic carbocycles. The number of hydrogen-bond donors (Lipinski definition) is 1. The fraction of sp³-hybridized carbons (Fsp3) is 0.500. The summed E-state index contributed by atoms with van der Waals surface area (Å²) in [6, 6.07) is 2.92. The molecule has 120 valence electrons. The van der Waals surface area contributed by atoms with Gasteiger partial charge in [-0.05, 0) is 12.1 Å². The lowest BCUT2D eigenvalue weighted by molar-refractivity contribution is -0.330. The molecule has 1 N–H and O–H groups in total. The highest BCUT2D eigenvalue weighted by Crippen LogP contribution is 2.51. The Morgan fingerprint density at radius 3 is 2.29 bits per heavy atom. The first-order chi connectivity index (χ1) is 9.47. The summed E-state index contributed by atoms with van der Waals surface area (Å²) < 4.78 is 91.1. The molecule has 0 aliphatic carbocycles. The lowest BCUT2D eigenvalue weighted by Crippen LogP contribution is -2.50. The van der Waals surface area contributed by atoms with Crippen molar-refractivity contribution in [1.29, 1.82) is 0 Å². The van der Waals surface area contributed by atoms with Crippen molar-refractivity contribution in [1.82, 2.24) is 5.32 Å². The molecule has 0 unspecified atom stereocenters. The average Bonchev–Trinajstić information content (AvgIpc) is 2.85. The highest BCUT2D eigenvalue weighted by molar-refractivity contribution is 8.01. The zero-order valence-corrected chi connectivity index (χ0v) is 10.8. The summed E-state index contributed by atoms with van der Waals surface area (Å²) in [6.07, 6.45) is -5.14. The molecule has 0 aliphatic heterocycles. The van der Waals surface area contributed by atoms with E-state index in [-0.39, 0.29) is 12.3 Å². The van der Waals surface area contributed by atoms with E-state index in [2.05, 4.69) is 0 Å². The minimum Gasteiger partial charge on any atom is -0.467 e. The Kier molecular flexibility index (Phi) is 5.18. The van der Waals surface area contributed by atoms with E-state index in [4.69, 9.17) is 4.42 Å². The second-order valence-corrected chi connectivity index (χ2v) is 4.82. The summed E-state index contributed by atoms with van der Waals surface area (Å²) in [7, 11) is 0. The molecule has 11 heteroatoms. The summed E-state index contributed by atoms with van der Waals surface area (Å²) >= 11 is -1.09. The number of furan rings is 1. The third-order valence-corrected chi connectivity index (χ3v) is 3.17. The number of halogens is 7. The maximum atomic E-state index is 12.9. The van der Waals surface area contributed by atoms with Crippen LogP contribution in [0.1, 0.15) is 5.76 Å². The van der Waals surface area contributed by atoms with Crippen molar-refractivity contribution in [2.75, 3.05) is 5.75 Å². The number of thioether (sulfide) groups is 1. The van der Waals surface area contributed by atoms with E-state index in [1.54, 1.807) is 0 Å². The maximum absolute atomic E-state index is 12.9. The molecule has 0 bridgehead atoms. The predicted octanol–water partition coefficient (Wildman–Crippen LogP) is 3.42. The Labute approximate surface area is 117 Å². The van der Waals surface area contributed by atoms with Gasteiger partial charge in [-0.2, -0.15) is 30.7 Å². The third-order valence-electron chi connectivity index (χ3n) is 2.15. The Balaban J connectivity index is 2.51. The third kappa shape index (κ3) is 4.29. The monoisotopic (exact) mass is 339 g/mol. The molecule has 1 amide bonds. The smallest absolute Gasteiger partial charge is 0.460 e. The molecule has 3 nitrogen and oxygen atoms in total. The highest BCUT2D eigenvalue weighted by Gasteiger charge is 2.73. The van der Waals surface area contributed by atoms with Gasteiger partial charge < -0.3 is 9.73 Å². The van der Waals surface area contributed by atoms with E-state index < -0.39 is 40.8 Å². The van der Waals surface area contributed by atoms with Gasteiger partial charge in [-0.15, -0.1) is 0 Å². The number of carbonyl (C=O) groups is 1. The molecule has 0 radical (unpaired) electrons. The van der Waals surface area contributed by atoms with Crippen molar-refractivity contribution < 1.29 is 39.9 Å². The van der Waals surface area contributed by atoms with Crippen LogP contribution in [-0.2, 0) is 11.3 Å². The number of nitrogens with one attached hydrogen (secondary N) is 1. The van der Waals surface area contributed by atoms with Crippen molar-refractivity contribution in [3.8, 4) is 0 Å². The second kappa shape index (κ2) is 6.16. The SMILES string of the molecule is O=C(CSC(F)(F)C(F)(F)C(F)(F)F)NCc1ccco1. The van der Waals surface area contributed by atoms with Crippen LogP contribution < -0.4 is 5.32 Å². The van der Waals surface area contributed by atoms with E-state index in [0.29, 0.717) is 0 Å². The van der Waals surface area contributed by atoms with Crippen LogP contribution in [0.15, 0.2) is 22.8 Å². The minimum absolute atomic E-state index is 0.201. The molecule has 1 aromatic rings. The fourth-order valence-corrected chi connectivity index (χ4v) is 1.77. The number of hydrogen-bond acceptors (Lipinski definition) is 3. The standard InChI is InChI=1S/C10H8F7NO2S/c11-8(12,9(13,14)15)10(16,17)21-5-7(19)18-4-6-2-1-3-20-6/h1-3H,4-5H2,(H,18,19). The lowest BCUT2D eigenvalue weighted by Gasteiger charge is -2.27. The molecular weight excluding hydrogens is 331 g/mol. The van der Waals surface area contributed by atoms with Gasteiger partial charge in [0, 0.05) is 0 Å². The molecule has 0 spiro atoms. The number of amides is 1. The number of rotatable bonds is 6. The average molecular weight is 339 g/mol. The number of alkyl halides is 7. The van der Waals surface area contributed by atoms with Gasteiger partial charge in [-0.25, -0.2) is 0 Å². The van der Waals surface area contributed by atoms with Gasteiger partial charge in [0.2, 0.25) is 5.91 Å². The lowest BCUT2D eigenvalue weighted by atomic mass is 10.3. The van der Waals surface area contributed by atoms with Crippen LogP contribution in [0.5, 0.6) is 0 Å². The van der Waals surface area contributed by atoms with Crippen molar-refractivity contribution in [3.63, 3.8) is 0 Å². The van der Waals surface area contributed by atoms with Crippen molar-refractivity contribution in [3.05, 3.63) is 24.2 Å². The zero-order chi connectivity index (χ0) is 16.3. The molecule has 0 atom stereocenters. The first kappa shape index (κ1) is 17.7. The molecule has 1 heterocycles. The topological polar surface area (TPSA) is 42.2 Å². The van der Waals surface area contributed by atoms with Crippen molar-refractivity contribution in [2.45, 2.75) is 23.9 Å². The van der Waals surface area contributed by atoms with E-state index in [0.717, 1.165) is 0 Å². The van der Waals surface area contributed by atoms with E-state index in [1.807, 2.05) is 5.32 Å². The molecule has 1 rings (SSSR count). The highest BCUT2D eigenvalue weighted by atomic mass is 32.2. The fourth-order valence-electron chi connectivity index (χ4n) is 1.06. The Bertz CT molecular complexity index is 472. The van der Waals surface area contributed by atoms with Crippen LogP contribution in [-0.4, -0.2) is 29.0 Å². The predicted molar refractivity (Wildman–Crippen MR) is 59.0 cm³/mol. The molecule has 0 saturated heterocycles. The van der Waals surface area contributed by atoms with Crippen LogP contribution in [0.4, 0.5) is 30.7 Å². The van der Waals surface area contributed by atoms with Gasteiger partial charge in [-0.3, -0.25) is 4.79 Å². The summed E-state index contributed by atoms with van der Waals surface area (Å²) in [5.41, 5.74) is 0. The maximum Gasteiger partial charge on any atom is 0.460 e. The van der Waals surface area contributed by atoms with E-state index in [1.165, 1.54) is 18.4 Å². The zero-order valence-electron chi connectivity index (χ0n) is 10.0. The molecule has 21 heavy (non-hydrogen) atoms. The molecule has 1 aromatic heterocycles. The minimum atomic E-state index is -6.41. The summed E-state index contributed by atoms with van der Waals surface area (Å²) in [5.74, 6) is -8.36. The van der Waals surface area contributed by atoms with E-state index in [9.17, 15) is 35.5 Å². The van der Waals surface area contributed by atoms with Gasteiger partial charge >= 0.3 is 17.4 Å². The van der Waals surface area contributed by atoms with Crippen LogP contribution in [0.25, 0.3) is 0 Å². The molecule has 0 saturated carbocycles. The van der Waals surface area contributed by atoms with Gasteiger partial charge in [0.15, 0.2) is 0 Å². The van der Waals surface area contributed by atoms with Gasteiger partial charge in [0.1, 0.15) is 5.76 Å². The largest absolute Gasteiger partial charge is 0.467 e. The van der Waals surface area contributed by atoms with Crippen LogP contribution in [0.2, 0.25) is 0 Å². The van der Waals surface area contributed by atoms with Gasteiger partial charge in [0.25, 0.3) is 0 Å². The van der Waals surface area contributed by atoms with Crippen LogP contribution in [0, 0.1) is 0 Å². The normalized spacial score (nSPS) is 13.3. The molecule has 0 aliphatic rings. The van der Waals surface area contributed by atoms with Crippen LogP contribution in [0.3, 0.4) is 0 Å².